The van der Waals surface area contributed by atoms with Gasteiger partial charge in [-0.2, -0.15) is 0 Å². The maximum atomic E-state index is 5.29. The van der Waals surface area contributed by atoms with Gasteiger partial charge in [0.05, 0.1) is 13.2 Å². The Morgan fingerprint density at radius 2 is 2.08 bits per heavy atom. The molecular formula is C10H22N2O. The van der Waals surface area contributed by atoms with Crippen LogP contribution in [0.5, 0.6) is 0 Å². The van der Waals surface area contributed by atoms with Crippen LogP contribution in [0.3, 0.4) is 0 Å². The van der Waals surface area contributed by atoms with Crippen molar-refractivity contribution in [2.24, 2.45) is 11.7 Å². The molecule has 0 aromatic heterocycles. The Morgan fingerprint density at radius 3 is 2.69 bits per heavy atom. The zero-order valence-corrected chi connectivity index (χ0v) is 8.43. The summed E-state index contributed by atoms with van der Waals surface area (Å²) in [6.45, 7) is 4.22. The predicted molar refractivity (Wildman–Crippen MR) is 54.7 cm³/mol. The van der Waals surface area contributed by atoms with Gasteiger partial charge in [-0.1, -0.05) is 19.3 Å². The first-order valence-corrected chi connectivity index (χ1v) is 5.42. The highest BCUT2D eigenvalue weighted by Crippen LogP contribution is 2.28. The van der Waals surface area contributed by atoms with Gasteiger partial charge in [-0.05, 0) is 18.9 Å². The van der Waals surface area contributed by atoms with E-state index in [0.29, 0.717) is 13.2 Å². The second kappa shape index (κ2) is 7.30. The summed E-state index contributed by atoms with van der Waals surface area (Å²) in [4.78, 5) is 0. The molecule has 0 unspecified atom stereocenters. The van der Waals surface area contributed by atoms with Crippen molar-refractivity contribution in [3.63, 3.8) is 0 Å². The van der Waals surface area contributed by atoms with Gasteiger partial charge in [0.2, 0.25) is 0 Å². The van der Waals surface area contributed by atoms with E-state index in [2.05, 4.69) is 5.32 Å². The Morgan fingerprint density at radius 1 is 1.23 bits per heavy atom. The first kappa shape index (κ1) is 11.0. The Kier molecular flexibility index (Phi) is 6.15. The lowest BCUT2D eigenvalue weighted by Gasteiger charge is -2.25. The van der Waals surface area contributed by atoms with Crippen LogP contribution in [0.2, 0.25) is 0 Å². The zero-order chi connectivity index (χ0) is 9.36. The fraction of sp³-hybridized carbons (Fsp3) is 1.00. The minimum absolute atomic E-state index is 0.627. The van der Waals surface area contributed by atoms with E-state index in [1.807, 2.05) is 0 Å². The van der Waals surface area contributed by atoms with Gasteiger partial charge in [-0.3, -0.25) is 0 Å². The molecule has 1 rings (SSSR count). The molecule has 1 aliphatic carbocycles. The lowest BCUT2D eigenvalue weighted by atomic mass is 9.83. The summed E-state index contributed by atoms with van der Waals surface area (Å²) in [7, 11) is 0. The molecule has 0 amide bonds. The molecule has 78 valence electrons. The molecule has 0 spiro atoms. The highest BCUT2D eigenvalue weighted by atomic mass is 16.5. The fourth-order valence-corrected chi connectivity index (χ4v) is 1.54. The van der Waals surface area contributed by atoms with Gasteiger partial charge in [0, 0.05) is 13.1 Å². The molecule has 1 aliphatic rings. The van der Waals surface area contributed by atoms with E-state index < -0.39 is 0 Å². The van der Waals surface area contributed by atoms with Crippen LogP contribution in [-0.4, -0.2) is 32.8 Å². The molecule has 1 saturated carbocycles. The van der Waals surface area contributed by atoms with Gasteiger partial charge in [-0.15, -0.1) is 0 Å². The van der Waals surface area contributed by atoms with Gasteiger partial charge in [-0.25, -0.2) is 0 Å². The quantitative estimate of drug-likeness (QED) is 0.550. The van der Waals surface area contributed by atoms with Crippen LogP contribution in [-0.2, 0) is 4.74 Å². The van der Waals surface area contributed by atoms with Crippen molar-refractivity contribution >= 4 is 0 Å². The van der Waals surface area contributed by atoms with E-state index in [0.717, 1.165) is 25.6 Å². The van der Waals surface area contributed by atoms with Crippen LogP contribution >= 0.6 is 0 Å². The van der Waals surface area contributed by atoms with Crippen molar-refractivity contribution in [1.29, 1.82) is 0 Å². The molecule has 13 heavy (non-hydrogen) atoms. The summed E-state index contributed by atoms with van der Waals surface area (Å²) in [6.07, 6.45) is 5.69. The van der Waals surface area contributed by atoms with Crippen LogP contribution in [0, 0.1) is 5.92 Å². The minimum atomic E-state index is 0.627. The van der Waals surface area contributed by atoms with Crippen LogP contribution in [0.15, 0.2) is 0 Å². The molecule has 0 saturated heterocycles. The third-order valence-electron chi connectivity index (χ3n) is 2.64. The number of hydrogen-bond donors (Lipinski definition) is 2. The average Bonchev–Trinajstić information content (AvgIpc) is 2.07. The van der Waals surface area contributed by atoms with E-state index in [4.69, 9.17) is 10.5 Å². The van der Waals surface area contributed by atoms with E-state index in [1.54, 1.807) is 0 Å². The number of nitrogens with two attached hydrogens (primary N) is 1. The van der Waals surface area contributed by atoms with Crippen LogP contribution in [0.1, 0.15) is 25.7 Å². The summed E-state index contributed by atoms with van der Waals surface area (Å²) in [6, 6.07) is 0. The van der Waals surface area contributed by atoms with Crippen LogP contribution < -0.4 is 11.1 Å². The summed E-state index contributed by atoms with van der Waals surface area (Å²) in [5.74, 6) is 1.01. The first-order chi connectivity index (χ1) is 6.43. The zero-order valence-electron chi connectivity index (χ0n) is 8.43. The molecule has 0 radical (unpaired) electrons. The van der Waals surface area contributed by atoms with Crippen molar-refractivity contribution in [3.05, 3.63) is 0 Å². The van der Waals surface area contributed by atoms with Gasteiger partial charge in [0.15, 0.2) is 0 Å². The molecule has 1 fully saturated rings. The van der Waals surface area contributed by atoms with Crippen molar-refractivity contribution in [2.75, 3.05) is 32.8 Å². The summed E-state index contributed by atoms with van der Waals surface area (Å²) in [5.41, 5.74) is 5.29. The molecule has 0 aromatic rings. The average molecular weight is 186 g/mol. The highest BCUT2D eigenvalue weighted by molar-refractivity contribution is 4.70. The van der Waals surface area contributed by atoms with Gasteiger partial charge in [0.25, 0.3) is 0 Å². The van der Waals surface area contributed by atoms with E-state index >= 15 is 0 Å². The van der Waals surface area contributed by atoms with Gasteiger partial charge >= 0.3 is 0 Å². The van der Waals surface area contributed by atoms with Crippen LogP contribution in [0.25, 0.3) is 0 Å². The molecule has 3 heteroatoms. The first-order valence-electron chi connectivity index (χ1n) is 5.42. The van der Waals surface area contributed by atoms with E-state index in [9.17, 15) is 0 Å². The fourth-order valence-electron chi connectivity index (χ4n) is 1.54. The van der Waals surface area contributed by atoms with Gasteiger partial charge < -0.3 is 15.8 Å². The molecule has 0 atom stereocenters. The maximum absolute atomic E-state index is 5.29. The Bertz CT molecular complexity index is 115. The SMILES string of the molecule is NCCOCCNCCC1CCC1. The monoisotopic (exact) mass is 186 g/mol. The maximum Gasteiger partial charge on any atom is 0.0591 e. The largest absolute Gasteiger partial charge is 0.379 e. The third kappa shape index (κ3) is 5.24. The summed E-state index contributed by atoms with van der Waals surface area (Å²) in [5, 5.41) is 3.38. The molecule has 3 N–H and O–H groups in total. The molecule has 0 heterocycles. The number of rotatable bonds is 8. The van der Waals surface area contributed by atoms with E-state index in [1.165, 1.54) is 25.7 Å². The van der Waals surface area contributed by atoms with Crippen molar-refractivity contribution in [2.45, 2.75) is 25.7 Å². The lowest BCUT2D eigenvalue weighted by Crippen LogP contribution is -2.25. The Hall–Kier alpha value is -0.120. The van der Waals surface area contributed by atoms with Gasteiger partial charge in [0.1, 0.15) is 0 Å². The lowest BCUT2D eigenvalue weighted by molar-refractivity contribution is 0.142. The normalized spacial score (nSPS) is 17.3. The van der Waals surface area contributed by atoms with Crippen LogP contribution in [0.4, 0.5) is 0 Å². The molecule has 0 aliphatic heterocycles. The second-order valence-electron chi connectivity index (χ2n) is 3.74. The summed E-state index contributed by atoms with van der Waals surface area (Å²) >= 11 is 0. The third-order valence-corrected chi connectivity index (χ3v) is 2.64. The van der Waals surface area contributed by atoms with Crippen molar-refractivity contribution in [1.82, 2.24) is 5.32 Å². The van der Waals surface area contributed by atoms with Crippen molar-refractivity contribution < 1.29 is 4.74 Å². The molecule has 0 aromatic carbocycles. The van der Waals surface area contributed by atoms with Crippen molar-refractivity contribution in [3.8, 4) is 0 Å². The number of hydrogen-bond acceptors (Lipinski definition) is 3. The minimum Gasteiger partial charge on any atom is -0.379 e. The topological polar surface area (TPSA) is 47.3 Å². The van der Waals surface area contributed by atoms with E-state index in [-0.39, 0.29) is 0 Å². The predicted octanol–water partition coefficient (Wildman–Crippen LogP) is 0.741. The number of nitrogens with one attached hydrogen (secondary N) is 1. The highest BCUT2D eigenvalue weighted by Gasteiger charge is 2.15. The molecule has 0 bridgehead atoms. The second-order valence-corrected chi connectivity index (χ2v) is 3.74. The smallest absolute Gasteiger partial charge is 0.0591 e. The Balaban J connectivity index is 1.68. The molecular weight excluding hydrogens is 164 g/mol. The standard InChI is InChI=1S/C10H22N2O/c11-5-8-13-9-7-12-6-4-10-2-1-3-10/h10,12H,1-9,11H2. The number of ether oxygens (including phenoxy) is 1. The molecule has 3 nitrogen and oxygen atoms in total. The summed E-state index contributed by atoms with van der Waals surface area (Å²) < 4.78 is 5.24. The Labute approximate surface area is 81.0 Å².